The van der Waals surface area contributed by atoms with E-state index < -0.39 is 0 Å². The van der Waals surface area contributed by atoms with Crippen molar-refractivity contribution in [1.29, 1.82) is 0 Å². The molecule has 0 aliphatic rings. The zero-order chi connectivity index (χ0) is 12.6. The van der Waals surface area contributed by atoms with Crippen LogP contribution in [-0.4, -0.2) is 13.4 Å². The summed E-state index contributed by atoms with van der Waals surface area (Å²) in [5.41, 5.74) is 0.871. The molecule has 16 heavy (non-hydrogen) atoms. The summed E-state index contributed by atoms with van der Waals surface area (Å²) in [6.45, 7) is 8.61. The van der Waals surface area contributed by atoms with Crippen LogP contribution in [0.1, 0.15) is 26.3 Å². The van der Waals surface area contributed by atoms with Crippen molar-refractivity contribution in [3.63, 3.8) is 0 Å². The Kier molecular flexibility index (Phi) is 8.44. The molecule has 92 valence electrons. The van der Waals surface area contributed by atoms with Gasteiger partial charge in [0.2, 0.25) is 0 Å². The second-order valence-corrected chi connectivity index (χ2v) is 3.61. The fourth-order valence-corrected chi connectivity index (χ4v) is 1.44. The van der Waals surface area contributed by atoms with Crippen LogP contribution >= 0.6 is 23.2 Å². The second kappa shape index (κ2) is 8.68. The Labute approximate surface area is 107 Å². The highest BCUT2D eigenvalue weighted by Crippen LogP contribution is 2.29. The lowest BCUT2D eigenvalue weighted by Gasteiger charge is -2.10. The molecular formula is C12H18Cl2O2. The summed E-state index contributed by atoms with van der Waals surface area (Å²) in [7, 11) is 0. The van der Waals surface area contributed by atoms with Gasteiger partial charge < -0.3 is 9.47 Å². The van der Waals surface area contributed by atoms with E-state index in [1.54, 1.807) is 12.1 Å². The summed E-state index contributed by atoms with van der Waals surface area (Å²) in [6.07, 6.45) is 0. The third-order valence-corrected chi connectivity index (χ3v) is 2.37. The fourth-order valence-electron chi connectivity index (χ4n) is 0.961. The Morgan fingerprint density at radius 1 is 1.19 bits per heavy atom. The maximum Gasteiger partial charge on any atom is 0.189 e. The predicted molar refractivity (Wildman–Crippen MR) is 69.7 cm³/mol. The maximum atomic E-state index is 5.93. The quantitative estimate of drug-likeness (QED) is 0.580. The van der Waals surface area contributed by atoms with Crippen molar-refractivity contribution in [2.24, 2.45) is 0 Å². The Balaban J connectivity index is 0.00000106. The molecule has 2 nitrogen and oxygen atoms in total. The first-order valence-electron chi connectivity index (χ1n) is 5.31. The number of halogens is 2. The number of benzene rings is 1. The van der Waals surface area contributed by atoms with E-state index in [9.17, 15) is 0 Å². The van der Waals surface area contributed by atoms with Crippen molar-refractivity contribution in [3.8, 4) is 5.75 Å². The summed E-state index contributed by atoms with van der Waals surface area (Å²) < 4.78 is 10.4. The Hall–Kier alpha value is -0.440. The number of hydrogen-bond acceptors (Lipinski definition) is 2. The molecule has 0 saturated heterocycles. The minimum atomic E-state index is 0.216. The van der Waals surface area contributed by atoms with Gasteiger partial charge in [0.05, 0.1) is 0 Å². The highest BCUT2D eigenvalue weighted by atomic mass is 35.5. The lowest BCUT2D eigenvalue weighted by Crippen LogP contribution is -2.03. The highest BCUT2D eigenvalue weighted by Gasteiger charge is 2.05. The normalized spacial score (nSPS) is 9.38. The van der Waals surface area contributed by atoms with E-state index in [1.165, 1.54) is 0 Å². The van der Waals surface area contributed by atoms with Crippen LogP contribution in [0.3, 0.4) is 0 Å². The van der Waals surface area contributed by atoms with Gasteiger partial charge >= 0.3 is 0 Å². The first-order valence-corrected chi connectivity index (χ1v) is 6.07. The van der Waals surface area contributed by atoms with Crippen LogP contribution in [0.2, 0.25) is 10.0 Å². The van der Waals surface area contributed by atoms with Crippen molar-refractivity contribution >= 4 is 23.2 Å². The van der Waals surface area contributed by atoms with E-state index in [0.29, 0.717) is 22.4 Å². The molecule has 0 unspecified atom stereocenters. The highest BCUT2D eigenvalue weighted by molar-refractivity contribution is 6.35. The fraction of sp³-hybridized carbons (Fsp3) is 0.500. The average Bonchev–Trinajstić information content (AvgIpc) is 2.28. The van der Waals surface area contributed by atoms with E-state index in [2.05, 4.69) is 0 Å². The van der Waals surface area contributed by atoms with Crippen LogP contribution in [0.15, 0.2) is 12.1 Å². The molecule has 4 heteroatoms. The standard InChI is InChI=1S/C10H12Cl2O2.C2H6/c1-3-13-6-14-10-5-8(11)4-9(12)7(10)2;1-2/h4-5H,3,6H2,1-2H3;1-2H3. The van der Waals surface area contributed by atoms with Crippen LogP contribution in [-0.2, 0) is 4.74 Å². The third kappa shape index (κ3) is 5.06. The summed E-state index contributed by atoms with van der Waals surface area (Å²) in [6, 6.07) is 3.41. The van der Waals surface area contributed by atoms with E-state index >= 15 is 0 Å². The van der Waals surface area contributed by atoms with Crippen molar-refractivity contribution in [3.05, 3.63) is 27.7 Å². The molecule has 0 bridgehead atoms. The third-order valence-electron chi connectivity index (χ3n) is 1.76. The van der Waals surface area contributed by atoms with Crippen molar-refractivity contribution in [2.45, 2.75) is 27.7 Å². The Morgan fingerprint density at radius 2 is 1.81 bits per heavy atom. The van der Waals surface area contributed by atoms with Crippen LogP contribution in [0.5, 0.6) is 5.75 Å². The molecule has 1 aromatic carbocycles. The van der Waals surface area contributed by atoms with Gasteiger partial charge in [0.1, 0.15) is 5.75 Å². The Bertz CT molecular complexity index is 314. The Morgan fingerprint density at radius 3 is 2.38 bits per heavy atom. The van der Waals surface area contributed by atoms with Gasteiger partial charge in [0.25, 0.3) is 0 Å². The summed E-state index contributed by atoms with van der Waals surface area (Å²) in [4.78, 5) is 0. The van der Waals surface area contributed by atoms with Gasteiger partial charge in [-0.25, -0.2) is 0 Å². The van der Waals surface area contributed by atoms with Crippen LogP contribution < -0.4 is 4.74 Å². The monoisotopic (exact) mass is 264 g/mol. The summed E-state index contributed by atoms with van der Waals surface area (Å²) in [5.74, 6) is 0.663. The molecule has 0 saturated carbocycles. The molecule has 0 spiro atoms. The van der Waals surface area contributed by atoms with E-state index in [4.69, 9.17) is 32.7 Å². The molecule has 0 aliphatic carbocycles. The largest absolute Gasteiger partial charge is 0.467 e. The molecule has 0 heterocycles. The smallest absolute Gasteiger partial charge is 0.189 e. The molecule has 0 aliphatic heterocycles. The molecule has 0 fully saturated rings. The van der Waals surface area contributed by atoms with Gasteiger partial charge in [0, 0.05) is 22.2 Å². The summed E-state index contributed by atoms with van der Waals surface area (Å²) in [5, 5.41) is 1.16. The van der Waals surface area contributed by atoms with Gasteiger partial charge in [-0.1, -0.05) is 37.0 Å². The summed E-state index contributed by atoms with van der Waals surface area (Å²) >= 11 is 11.8. The first-order chi connectivity index (χ1) is 7.65. The van der Waals surface area contributed by atoms with E-state index in [-0.39, 0.29) is 6.79 Å². The molecule has 0 amide bonds. The lowest BCUT2D eigenvalue weighted by molar-refractivity contribution is 0.0220. The van der Waals surface area contributed by atoms with Gasteiger partial charge in [0.15, 0.2) is 6.79 Å². The van der Waals surface area contributed by atoms with Crippen LogP contribution in [0, 0.1) is 6.92 Å². The minimum Gasteiger partial charge on any atom is -0.467 e. The minimum absolute atomic E-state index is 0.216. The molecule has 1 aromatic rings. The number of ether oxygens (including phenoxy) is 2. The molecule has 0 N–H and O–H groups in total. The van der Waals surface area contributed by atoms with Gasteiger partial charge in [-0.15, -0.1) is 0 Å². The van der Waals surface area contributed by atoms with E-state index in [1.807, 2.05) is 27.7 Å². The molecule has 1 rings (SSSR count). The van der Waals surface area contributed by atoms with Crippen molar-refractivity contribution in [2.75, 3.05) is 13.4 Å². The molecule has 0 atom stereocenters. The van der Waals surface area contributed by atoms with Crippen LogP contribution in [0.4, 0.5) is 0 Å². The lowest BCUT2D eigenvalue weighted by atomic mass is 10.2. The second-order valence-electron chi connectivity index (χ2n) is 2.77. The predicted octanol–water partition coefficient (Wildman–Crippen LogP) is 4.70. The first kappa shape index (κ1) is 15.6. The molecule has 0 radical (unpaired) electrons. The number of hydrogen-bond donors (Lipinski definition) is 0. The number of rotatable bonds is 4. The maximum absolute atomic E-state index is 5.93. The van der Waals surface area contributed by atoms with Crippen molar-refractivity contribution in [1.82, 2.24) is 0 Å². The van der Waals surface area contributed by atoms with Crippen LogP contribution in [0.25, 0.3) is 0 Å². The van der Waals surface area contributed by atoms with Crippen molar-refractivity contribution < 1.29 is 9.47 Å². The zero-order valence-corrected chi connectivity index (χ0v) is 11.7. The molecular weight excluding hydrogens is 247 g/mol. The zero-order valence-electron chi connectivity index (χ0n) is 10.1. The average molecular weight is 265 g/mol. The molecule has 0 aromatic heterocycles. The van der Waals surface area contributed by atoms with Gasteiger partial charge in [-0.2, -0.15) is 0 Å². The van der Waals surface area contributed by atoms with Gasteiger partial charge in [-0.3, -0.25) is 0 Å². The SMILES string of the molecule is CC.CCOCOc1cc(Cl)cc(Cl)c1C. The van der Waals surface area contributed by atoms with E-state index in [0.717, 1.165) is 5.56 Å². The topological polar surface area (TPSA) is 18.5 Å². The van der Waals surface area contributed by atoms with Gasteiger partial charge in [-0.05, 0) is 26.0 Å².